The molecular weight excluding hydrogens is 349 g/mol. The van der Waals surface area contributed by atoms with E-state index in [2.05, 4.69) is 15.8 Å². The van der Waals surface area contributed by atoms with Crippen molar-refractivity contribution in [3.63, 3.8) is 0 Å². The van der Waals surface area contributed by atoms with Crippen molar-refractivity contribution >= 4 is 39.5 Å². The van der Waals surface area contributed by atoms with Crippen LogP contribution in [0.4, 0.5) is 10.1 Å². The average Bonchev–Trinajstić information content (AvgIpc) is 2.67. The molecule has 6 heteroatoms. The Bertz CT molecular complexity index is 988. The molecule has 0 spiro atoms. The van der Waals surface area contributed by atoms with Crippen LogP contribution in [0.3, 0.4) is 0 Å². The number of methoxy groups -OCH3 is 1. The van der Waals surface area contributed by atoms with Crippen LogP contribution in [-0.4, -0.2) is 17.9 Å². The molecule has 0 aliphatic rings. The third kappa shape index (κ3) is 4.15. The van der Waals surface area contributed by atoms with Gasteiger partial charge in [-0.3, -0.25) is 5.43 Å². The number of nitrogens with one attached hydrogen (secondary N) is 2. The fourth-order valence-electron chi connectivity index (χ4n) is 2.49. The van der Waals surface area contributed by atoms with Gasteiger partial charge in [0.1, 0.15) is 11.6 Å². The van der Waals surface area contributed by atoms with Crippen molar-refractivity contribution in [3.8, 4) is 5.75 Å². The van der Waals surface area contributed by atoms with Gasteiger partial charge in [0.05, 0.1) is 18.5 Å². The van der Waals surface area contributed by atoms with Crippen molar-refractivity contribution in [2.24, 2.45) is 5.10 Å². The molecule has 4 nitrogen and oxygen atoms in total. The molecule has 0 saturated carbocycles. The topological polar surface area (TPSA) is 45.6 Å². The normalized spacial score (nSPS) is 11.3. The Kier molecular flexibility index (Phi) is 5.43. The monoisotopic (exact) mass is 367 g/mol. The summed E-state index contributed by atoms with van der Waals surface area (Å²) in [5, 5.41) is 9.46. The highest BCUT2D eigenvalue weighted by atomic mass is 32.1. The number of hydrazone groups is 1. The zero-order chi connectivity index (χ0) is 18.5. The van der Waals surface area contributed by atoms with E-state index in [0.29, 0.717) is 5.69 Å². The smallest absolute Gasteiger partial charge is 0.191 e. The van der Waals surface area contributed by atoms with Crippen molar-refractivity contribution in [2.75, 3.05) is 12.4 Å². The molecule has 0 heterocycles. The fraction of sp³-hybridized carbons (Fsp3) is 0.100. The summed E-state index contributed by atoms with van der Waals surface area (Å²) in [5.41, 5.74) is 4.77. The molecule has 0 radical (unpaired) electrons. The molecule has 0 atom stereocenters. The average molecular weight is 367 g/mol. The van der Waals surface area contributed by atoms with Gasteiger partial charge in [0.25, 0.3) is 0 Å². The molecule has 0 unspecified atom stereocenters. The molecule has 2 N–H and O–H groups in total. The van der Waals surface area contributed by atoms with Crippen molar-refractivity contribution in [3.05, 3.63) is 72.0 Å². The fourth-order valence-corrected chi connectivity index (χ4v) is 2.64. The molecule has 0 amide bonds. The first-order chi connectivity index (χ1) is 12.6. The molecule has 0 fully saturated rings. The SMILES string of the molecule is COc1ccc2cc(/C(C)=N\NC(=S)Nc3ccccc3F)ccc2c1. The number of ether oxygens (including phenoxy) is 1. The lowest BCUT2D eigenvalue weighted by Crippen LogP contribution is -2.25. The number of rotatable bonds is 4. The zero-order valence-corrected chi connectivity index (χ0v) is 15.2. The molecule has 0 aliphatic heterocycles. The summed E-state index contributed by atoms with van der Waals surface area (Å²) in [7, 11) is 1.65. The number of hydrogen-bond donors (Lipinski definition) is 2. The number of benzene rings is 3. The molecule has 0 bridgehead atoms. The Balaban J connectivity index is 1.72. The lowest BCUT2D eigenvalue weighted by Gasteiger charge is -2.09. The van der Waals surface area contributed by atoms with Crippen LogP contribution in [0.1, 0.15) is 12.5 Å². The lowest BCUT2D eigenvalue weighted by atomic mass is 10.0. The van der Waals surface area contributed by atoms with E-state index in [4.69, 9.17) is 17.0 Å². The molecule has 132 valence electrons. The van der Waals surface area contributed by atoms with Crippen LogP contribution in [0.25, 0.3) is 10.8 Å². The van der Waals surface area contributed by atoms with Gasteiger partial charge in [-0.25, -0.2) is 4.39 Å². The van der Waals surface area contributed by atoms with E-state index in [0.717, 1.165) is 27.8 Å². The number of nitrogens with zero attached hydrogens (tertiary/aromatic N) is 1. The van der Waals surface area contributed by atoms with Gasteiger partial charge >= 0.3 is 0 Å². The van der Waals surface area contributed by atoms with Gasteiger partial charge in [-0.1, -0.05) is 30.3 Å². The van der Waals surface area contributed by atoms with E-state index < -0.39 is 0 Å². The van der Waals surface area contributed by atoms with Crippen LogP contribution in [0.15, 0.2) is 65.8 Å². The van der Waals surface area contributed by atoms with Gasteiger partial charge in [0, 0.05) is 0 Å². The summed E-state index contributed by atoms with van der Waals surface area (Å²) in [6, 6.07) is 18.3. The first kappa shape index (κ1) is 17.8. The van der Waals surface area contributed by atoms with Crippen LogP contribution in [0, 0.1) is 5.82 Å². The minimum absolute atomic E-state index is 0.222. The summed E-state index contributed by atoms with van der Waals surface area (Å²) < 4.78 is 18.9. The van der Waals surface area contributed by atoms with E-state index in [-0.39, 0.29) is 10.9 Å². The zero-order valence-electron chi connectivity index (χ0n) is 14.4. The van der Waals surface area contributed by atoms with Crippen molar-refractivity contribution in [2.45, 2.75) is 6.92 Å². The lowest BCUT2D eigenvalue weighted by molar-refractivity contribution is 0.415. The van der Waals surface area contributed by atoms with Gasteiger partial charge in [-0.2, -0.15) is 5.10 Å². The van der Waals surface area contributed by atoms with Crippen LogP contribution in [0.5, 0.6) is 5.75 Å². The summed E-state index contributed by atoms with van der Waals surface area (Å²) in [4.78, 5) is 0. The highest BCUT2D eigenvalue weighted by molar-refractivity contribution is 7.80. The maximum Gasteiger partial charge on any atom is 0.191 e. The third-order valence-corrected chi connectivity index (χ3v) is 4.11. The minimum Gasteiger partial charge on any atom is -0.497 e. The molecular formula is C20H18FN3OS. The number of halogens is 1. The highest BCUT2D eigenvalue weighted by Gasteiger charge is 2.04. The molecule has 0 aromatic heterocycles. The predicted octanol–water partition coefficient (Wildman–Crippen LogP) is 4.70. The van der Waals surface area contributed by atoms with Gasteiger partial charge in [0.15, 0.2) is 5.11 Å². The Morgan fingerprint density at radius 1 is 1.04 bits per heavy atom. The van der Waals surface area contributed by atoms with E-state index in [1.54, 1.807) is 25.3 Å². The van der Waals surface area contributed by atoms with Gasteiger partial charge in [-0.15, -0.1) is 0 Å². The number of hydrogen-bond acceptors (Lipinski definition) is 3. The van der Waals surface area contributed by atoms with Gasteiger partial charge in [-0.05, 0) is 65.8 Å². The Labute approximate surface area is 156 Å². The number of anilines is 1. The quantitative estimate of drug-likeness (QED) is 0.399. The summed E-state index contributed by atoms with van der Waals surface area (Å²) in [5.74, 6) is 0.448. The van der Waals surface area contributed by atoms with Crippen molar-refractivity contribution in [1.82, 2.24) is 5.43 Å². The molecule has 26 heavy (non-hydrogen) atoms. The Morgan fingerprint density at radius 3 is 2.54 bits per heavy atom. The van der Waals surface area contributed by atoms with Gasteiger partial charge < -0.3 is 10.1 Å². The van der Waals surface area contributed by atoms with Gasteiger partial charge in [0.2, 0.25) is 0 Å². The molecule has 0 saturated heterocycles. The van der Waals surface area contributed by atoms with Crippen molar-refractivity contribution < 1.29 is 9.13 Å². The molecule has 3 aromatic rings. The Hall–Kier alpha value is -2.99. The first-order valence-electron chi connectivity index (χ1n) is 8.01. The van der Waals surface area contributed by atoms with E-state index in [1.807, 2.05) is 43.3 Å². The third-order valence-electron chi connectivity index (χ3n) is 3.91. The standard InChI is InChI=1S/C20H18FN3OS/c1-13(23-24-20(26)22-19-6-4-3-5-18(19)21)14-7-8-16-12-17(25-2)10-9-15(16)11-14/h3-12H,1-2H3,(H2,22,24,26)/b23-13-. The second-order valence-electron chi connectivity index (χ2n) is 5.67. The maximum atomic E-state index is 13.6. The predicted molar refractivity (Wildman–Crippen MR) is 108 cm³/mol. The highest BCUT2D eigenvalue weighted by Crippen LogP contribution is 2.22. The van der Waals surface area contributed by atoms with Crippen LogP contribution in [0.2, 0.25) is 0 Å². The number of fused-ring (bicyclic) bond motifs is 1. The second-order valence-corrected chi connectivity index (χ2v) is 6.08. The number of thiocarbonyl (C=S) groups is 1. The first-order valence-corrected chi connectivity index (χ1v) is 8.41. The summed E-state index contributed by atoms with van der Waals surface area (Å²) in [6.07, 6.45) is 0. The summed E-state index contributed by atoms with van der Waals surface area (Å²) >= 11 is 5.16. The van der Waals surface area contributed by atoms with Crippen LogP contribution in [-0.2, 0) is 0 Å². The molecule has 3 rings (SSSR count). The maximum absolute atomic E-state index is 13.6. The number of para-hydroxylation sites is 1. The van der Waals surface area contributed by atoms with E-state index >= 15 is 0 Å². The van der Waals surface area contributed by atoms with Crippen LogP contribution >= 0.6 is 12.2 Å². The van der Waals surface area contributed by atoms with E-state index in [1.165, 1.54) is 6.07 Å². The minimum atomic E-state index is -0.373. The van der Waals surface area contributed by atoms with Crippen LogP contribution < -0.4 is 15.5 Å². The molecule has 0 aliphatic carbocycles. The van der Waals surface area contributed by atoms with Crippen molar-refractivity contribution in [1.29, 1.82) is 0 Å². The summed E-state index contributed by atoms with van der Waals surface area (Å²) in [6.45, 7) is 1.88. The largest absolute Gasteiger partial charge is 0.497 e. The van der Waals surface area contributed by atoms with E-state index in [9.17, 15) is 4.39 Å². The molecule has 3 aromatic carbocycles. The Morgan fingerprint density at radius 2 is 1.77 bits per heavy atom. The second kappa shape index (κ2) is 7.93.